The number of hydrogen-bond acceptors (Lipinski definition) is 2. The molecule has 0 N–H and O–H groups in total. The third kappa shape index (κ3) is 4.95. The van der Waals surface area contributed by atoms with Crippen LogP contribution in [-0.4, -0.2) is 5.78 Å². The molecule has 0 radical (unpaired) electrons. The van der Waals surface area contributed by atoms with E-state index in [9.17, 15) is 9.18 Å². The van der Waals surface area contributed by atoms with Gasteiger partial charge in [-0.3, -0.25) is 4.79 Å². The molecule has 0 saturated carbocycles. The van der Waals surface area contributed by atoms with Gasteiger partial charge in [0.2, 0.25) is 0 Å². The predicted octanol–water partition coefficient (Wildman–Crippen LogP) is 7.69. The lowest BCUT2D eigenvalue weighted by Crippen LogP contribution is -2.03. The summed E-state index contributed by atoms with van der Waals surface area (Å²) in [7, 11) is 0. The van der Waals surface area contributed by atoms with Gasteiger partial charge in [0.05, 0.1) is 0 Å². The summed E-state index contributed by atoms with van der Waals surface area (Å²) in [6.07, 6.45) is 0.515. The molecule has 0 atom stereocenters. The number of carbonyl (C=O) groups excluding carboxylic acids is 1. The number of aryl methyl sites for hydroxylation is 2. The Labute approximate surface area is 187 Å². The molecule has 0 saturated heterocycles. The standard InChI is InChI=1S/C15H12OS.C13H11F/c1-10-6-7-14-11(8-10)9-13(16)12-4-2-3-5-15(12)17-14;1-10-7-8-12(13(14)9-10)11-5-3-2-4-6-11/h2-8H,9H2,1H3;2-9H,1H3. The van der Waals surface area contributed by atoms with Crippen molar-refractivity contribution >= 4 is 17.5 Å². The Kier molecular flexibility index (Phi) is 6.34. The quantitative estimate of drug-likeness (QED) is 0.310. The summed E-state index contributed by atoms with van der Waals surface area (Å²) in [5.41, 5.74) is 5.74. The molecule has 4 aromatic carbocycles. The van der Waals surface area contributed by atoms with Gasteiger partial charge in [-0.2, -0.15) is 0 Å². The molecule has 3 heteroatoms. The zero-order valence-corrected chi connectivity index (χ0v) is 18.4. The lowest BCUT2D eigenvalue weighted by molar-refractivity contribution is 0.0990. The second kappa shape index (κ2) is 9.32. The summed E-state index contributed by atoms with van der Waals surface area (Å²) in [5.74, 6) is 0.0636. The molecule has 0 aromatic heterocycles. The highest BCUT2D eigenvalue weighted by atomic mass is 32.2. The van der Waals surface area contributed by atoms with Crippen molar-refractivity contribution < 1.29 is 9.18 Å². The molecule has 31 heavy (non-hydrogen) atoms. The largest absolute Gasteiger partial charge is 0.294 e. The SMILES string of the molecule is Cc1ccc(-c2ccccc2)c(F)c1.Cc1ccc2c(c1)CC(=O)c1ccccc1S2. The first-order chi connectivity index (χ1) is 15.0. The van der Waals surface area contributed by atoms with E-state index in [4.69, 9.17) is 0 Å². The smallest absolute Gasteiger partial charge is 0.168 e. The fourth-order valence-corrected chi connectivity index (χ4v) is 4.66. The van der Waals surface area contributed by atoms with Crippen LogP contribution in [0.4, 0.5) is 4.39 Å². The van der Waals surface area contributed by atoms with Gasteiger partial charge in [0.15, 0.2) is 5.78 Å². The molecule has 1 aliphatic rings. The summed E-state index contributed by atoms with van der Waals surface area (Å²) < 4.78 is 13.5. The molecule has 1 aliphatic heterocycles. The van der Waals surface area contributed by atoms with Crippen molar-refractivity contribution in [3.05, 3.63) is 119 Å². The molecule has 0 fully saturated rings. The van der Waals surface area contributed by atoms with E-state index in [0.29, 0.717) is 12.0 Å². The topological polar surface area (TPSA) is 17.1 Å². The zero-order chi connectivity index (χ0) is 21.8. The van der Waals surface area contributed by atoms with Crippen molar-refractivity contribution in [1.29, 1.82) is 0 Å². The molecule has 4 aromatic rings. The molecule has 0 unspecified atom stereocenters. The molecule has 1 nitrogen and oxygen atoms in total. The molecule has 5 rings (SSSR count). The number of halogens is 1. The first-order valence-corrected chi connectivity index (χ1v) is 11.0. The van der Waals surface area contributed by atoms with Gasteiger partial charge in [0.25, 0.3) is 0 Å². The van der Waals surface area contributed by atoms with E-state index < -0.39 is 0 Å². The van der Waals surface area contributed by atoms with Gasteiger partial charge in [-0.05, 0) is 48.7 Å². The first-order valence-electron chi connectivity index (χ1n) is 10.2. The van der Waals surface area contributed by atoms with Crippen molar-refractivity contribution in [2.45, 2.75) is 30.1 Å². The molecule has 0 spiro atoms. The predicted molar refractivity (Wildman–Crippen MR) is 126 cm³/mol. The van der Waals surface area contributed by atoms with E-state index in [0.717, 1.165) is 27.1 Å². The highest BCUT2D eigenvalue weighted by Gasteiger charge is 2.19. The molecular formula is C28H23FOS. The Morgan fingerprint density at radius 3 is 2.16 bits per heavy atom. The van der Waals surface area contributed by atoms with E-state index in [1.165, 1.54) is 10.5 Å². The van der Waals surface area contributed by atoms with Crippen LogP contribution in [0.1, 0.15) is 27.0 Å². The molecular weight excluding hydrogens is 403 g/mol. The minimum Gasteiger partial charge on any atom is -0.294 e. The second-order valence-electron chi connectivity index (χ2n) is 7.66. The van der Waals surface area contributed by atoms with Crippen LogP contribution < -0.4 is 0 Å². The van der Waals surface area contributed by atoms with E-state index in [1.54, 1.807) is 17.8 Å². The van der Waals surface area contributed by atoms with Crippen molar-refractivity contribution in [1.82, 2.24) is 0 Å². The van der Waals surface area contributed by atoms with Crippen LogP contribution >= 0.6 is 11.8 Å². The summed E-state index contributed by atoms with van der Waals surface area (Å²) >= 11 is 1.69. The van der Waals surface area contributed by atoms with Gasteiger partial charge in [-0.25, -0.2) is 4.39 Å². The van der Waals surface area contributed by atoms with Crippen molar-refractivity contribution in [3.63, 3.8) is 0 Å². The minimum absolute atomic E-state index is 0.156. The van der Waals surface area contributed by atoms with Crippen LogP contribution in [0.2, 0.25) is 0 Å². The van der Waals surface area contributed by atoms with Crippen LogP contribution in [0.3, 0.4) is 0 Å². The van der Waals surface area contributed by atoms with E-state index in [1.807, 2.05) is 73.7 Å². The van der Waals surface area contributed by atoms with Crippen molar-refractivity contribution in [2.24, 2.45) is 0 Å². The number of hydrogen-bond donors (Lipinski definition) is 0. The Balaban J connectivity index is 0.000000152. The average molecular weight is 427 g/mol. The number of Topliss-reactive ketones (excluding diaryl/α,β-unsaturated/α-hetero) is 1. The third-order valence-corrected chi connectivity index (χ3v) is 6.38. The first kappa shape index (κ1) is 21.1. The lowest BCUT2D eigenvalue weighted by Gasteiger charge is -2.05. The minimum atomic E-state index is -0.156. The van der Waals surface area contributed by atoms with Crippen LogP contribution in [0.25, 0.3) is 11.1 Å². The molecule has 0 amide bonds. The van der Waals surface area contributed by atoms with Crippen LogP contribution in [-0.2, 0) is 6.42 Å². The second-order valence-corrected chi connectivity index (χ2v) is 8.74. The monoisotopic (exact) mass is 426 g/mol. The number of benzene rings is 4. The van der Waals surface area contributed by atoms with Crippen LogP contribution in [0.15, 0.2) is 101 Å². The summed E-state index contributed by atoms with van der Waals surface area (Å²) in [6, 6.07) is 29.1. The fraction of sp³-hybridized carbons (Fsp3) is 0.107. The van der Waals surface area contributed by atoms with Gasteiger partial charge in [-0.1, -0.05) is 90.1 Å². The van der Waals surface area contributed by atoms with Gasteiger partial charge in [-0.15, -0.1) is 0 Å². The number of rotatable bonds is 1. The van der Waals surface area contributed by atoms with Crippen LogP contribution in [0, 0.1) is 19.7 Å². The summed E-state index contributed by atoms with van der Waals surface area (Å²) in [4.78, 5) is 14.4. The van der Waals surface area contributed by atoms with E-state index in [-0.39, 0.29) is 11.6 Å². The molecule has 154 valence electrons. The zero-order valence-electron chi connectivity index (χ0n) is 17.6. The van der Waals surface area contributed by atoms with Crippen LogP contribution in [0.5, 0.6) is 0 Å². The Bertz CT molecular complexity index is 1230. The van der Waals surface area contributed by atoms with Gasteiger partial charge in [0, 0.05) is 27.3 Å². The van der Waals surface area contributed by atoms with E-state index in [2.05, 4.69) is 25.1 Å². The highest BCUT2D eigenvalue weighted by molar-refractivity contribution is 7.99. The Morgan fingerprint density at radius 1 is 0.710 bits per heavy atom. The van der Waals surface area contributed by atoms with Gasteiger partial charge < -0.3 is 0 Å². The average Bonchev–Trinajstić information content (AvgIpc) is 2.90. The normalized spacial score (nSPS) is 12.2. The maximum absolute atomic E-state index is 13.5. The van der Waals surface area contributed by atoms with Crippen molar-refractivity contribution in [3.8, 4) is 11.1 Å². The van der Waals surface area contributed by atoms with E-state index >= 15 is 0 Å². The number of ketones is 1. The maximum Gasteiger partial charge on any atom is 0.168 e. The van der Waals surface area contributed by atoms with Crippen molar-refractivity contribution in [2.75, 3.05) is 0 Å². The molecule has 0 bridgehead atoms. The Morgan fingerprint density at radius 2 is 1.39 bits per heavy atom. The third-order valence-electron chi connectivity index (χ3n) is 5.18. The van der Waals surface area contributed by atoms with Gasteiger partial charge >= 0.3 is 0 Å². The lowest BCUT2D eigenvalue weighted by atomic mass is 10.0. The Hall–Kier alpha value is -3.17. The highest BCUT2D eigenvalue weighted by Crippen LogP contribution is 2.37. The molecule has 0 aliphatic carbocycles. The number of fused-ring (bicyclic) bond motifs is 2. The summed E-state index contributed by atoms with van der Waals surface area (Å²) in [5, 5.41) is 0. The maximum atomic E-state index is 13.5. The summed E-state index contributed by atoms with van der Waals surface area (Å²) in [6.45, 7) is 3.95. The molecule has 1 heterocycles. The van der Waals surface area contributed by atoms with Gasteiger partial charge in [0.1, 0.15) is 5.82 Å². The number of carbonyl (C=O) groups is 1. The fourth-order valence-electron chi connectivity index (χ4n) is 3.59.